The molecule has 1 aromatic carbocycles. The Morgan fingerprint density at radius 2 is 1.85 bits per heavy atom. The number of unbranched alkanes of at least 4 members (excludes halogenated alkanes) is 1. The lowest BCUT2D eigenvalue weighted by atomic mass is 9.52. The molecule has 4 N–H and O–H groups in total. The van der Waals surface area contributed by atoms with Gasteiger partial charge in [0.05, 0.1) is 17.5 Å². The number of aromatic hydroxyl groups is 1. The molecule has 1 aromatic rings. The van der Waals surface area contributed by atoms with Crippen molar-refractivity contribution in [1.82, 2.24) is 4.90 Å². The molecule has 6 atom stereocenters. The van der Waals surface area contributed by atoms with Crippen molar-refractivity contribution in [3.8, 4) is 5.75 Å². The number of ketones is 4. The van der Waals surface area contributed by atoms with E-state index in [0.717, 1.165) is 18.4 Å². The van der Waals surface area contributed by atoms with Gasteiger partial charge in [0.25, 0.3) is 0 Å². The maximum Gasteiger partial charge on any atom is 0.235 e. The molecular weight excluding hydrogens is 440 g/mol. The second-order valence-electron chi connectivity index (χ2n) is 9.99. The summed E-state index contributed by atoms with van der Waals surface area (Å²) < 4.78 is 0. The first kappa shape index (κ1) is 24.2. The number of fused-ring (bicyclic) bond motifs is 3. The zero-order valence-electron chi connectivity index (χ0n) is 19.5. The van der Waals surface area contributed by atoms with Gasteiger partial charge in [0, 0.05) is 5.92 Å². The van der Waals surface area contributed by atoms with Crippen molar-refractivity contribution in [3.05, 3.63) is 28.8 Å². The number of hydrogen-bond donors (Lipinski definition) is 3. The van der Waals surface area contributed by atoms with Crippen molar-refractivity contribution in [3.63, 3.8) is 0 Å². The summed E-state index contributed by atoms with van der Waals surface area (Å²) in [7, 11) is 3.13. The van der Waals surface area contributed by atoms with Gasteiger partial charge in [0.1, 0.15) is 5.75 Å². The Kier molecular flexibility index (Phi) is 5.98. The molecule has 9 nitrogen and oxygen atoms in total. The first-order valence-corrected chi connectivity index (χ1v) is 11.6. The Hall–Kier alpha value is -2.91. The average molecular weight is 471 g/mol. The van der Waals surface area contributed by atoms with E-state index in [1.807, 2.05) is 6.92 Å². The SMILES string of the molecule is CCCCc1ccc(O)c2c1C[C@H]1C[C@H]3[C@H](N(C)C)C(=O)C(C(N)=O)C(=O)[C@@]3(O)C(=O)C1C2=O. The van der Waals surface area contributed by atoms with Crippen LogP contribution in [0.15, 0.2) is 12.1 Å². The van der Waals surface area contributed by atoms with Crippen LogP contribution in [0, 0.1) is 23.7 Å². The number of rotatable bonds is 5. The van der Waals surface area contributed by atoms with Gasteiger partial charge in [-0.05, 0) is 62.9 Å². The molecule has 2 saturated carbocycles. The van der Waals surface area contributed by atoms with Gasteiger partial charge in [0.15, 0.2) is 34.7 Å². The third kappa shape index (κ3) is 3.25. The Labute approximate surface area is 197 Å². The minimum Gasteiger partial charge on any atom is -0.507 e. The second kappa shape index (κ2) is 8.39. The summed E-state index contributed by atoms with van der Waals surface area (Å²) in [5.74, 6) is -10.1. The van der Waals surface area contributed by atoms with Crippen LogP contribution in [0.25, 0.3) is 0 Å². The van der Waals surface area contributed by atoms with E-state index in [1.54, 1.807) is 20.2 Å². The van der Waals surface area contributed by atoms with Crippen molar-refractivity contribution < 1.29 is 34.2 Å². The van der Waals surface area contributed by atoms with E-state index in [1.165, 1.54) is 11.0 Å². The van der Waals surface area contributed by atoms with Gasteiger partial charge in [-0.1, -0.05) is 19.4 Å². The topological polar surface area (TPSA) is 155 Å². The fourth-order valence-corrected chi connectivity index (χ4v) is 6.27. The molecule has 1 amide bonds. The lowest BCUT2D eigenvalue weighted by Gasteiger charge is -2.52. The molecular formula is C25H30N2O7. The van der Waals surface area contributed by atoms with E-state index in [4.69, 9.17) is 5.73 Å². The number of amides is 1. The average Bonchev–Trinajstić information content (AvgIpc) is 2.75. The van der Waals surface area contributed by atoms with Crippen molar-refractivity contribution >= 4 is 29.0 Å². The third-order valence-electron chi connectivity index (χ3n) is 7.84. The Bertz CT molecular complexity index is 1110. The van der Waals surface area contributed by atoms with Gasteiger partial charge in [-0.2, -0.15) is 0 Å². The van der Waals surface area contributed by atoms with Gasteiger partial charge in [0.2, 0.25) is 5.91 Å². The van der Waals surface area contributed by atoms with E-state index in [0.29, 0.717) is 18.4 Å². The first-order chi connectivity index (χ1) is 16.0. The summed E-state index contributed by atoms with van der Waals surface area (Å²) in [5.41, 5.74) is 4.28. The molecule has 2 fully saturated rings. The quantitative estimate of drug-likeness (QED) is 0.516. The number of Topliss-reactive ketones (excluding diaryl/α,β-unsaturated/α-hetero) is 4. The van der Waals surface area contributed by atoms with Crippen LogP contribution in [0.5, 0.6) is 5.75 Å². The maximum atomic E-state index is 13.7. The molecule has 0 heterocycles. The zero-order valence-corrected chi connectivity index (χ0v) is 19.5. The van der Waals surface area contributed by atoms with Crippen LogP contribution >= 0.6 is 0 Å². The van der Waals surface area contributed by atoms with E-state index in [2.05, 4.69) is 0 Å². The number of phenolic OH excluding ortho intramolecular Hbond substituents is 1. The zero-order chi connectivity index (χ0) is 25.1. The molecule has 3 aliphatic carbocycles. The molecule has 0 radical (unpaired) electrons. The highest BCUT2D eigenvalue weighted by atomic mass is 16.3. The van der Waals surface area contributed by atoms with Crippen LogP contribution in [-0.2, 0) is 32.0 Å². The molecule has 2 unspecified atom stereocenters. The monoisotopic (exact) mass is 470 g/mol. The summed E-state index contributed by atoms with van der Waals surface area (Å²) in [6, 6.07) is 2.12. The number of aliphatic hydroxyl groups is 1. The highest BCUT2D eigenvalue weighted by molar-refractivity contribution is 6.32. The normalized spacial score (nSPS) is 32.9. The largest absolute Gasteiger partial charge is 0.507 e. The Balaban J connectivity index is 1.85. The van der Waals surface area contributed by atoms with Crippen LogP contribution in [0.1, 0.15) is 47.7 Å². The van der Waals surface area contributed by atoms with Crippen molar-refractivity contribution in [1.29, 1.82) is 0 Å². The van der Waals surface area contributed by atoms with Gasteiger partial charge >= 0.3 is 0 Å². The van der Waals surface area contributed by atoms with Crippen LogP contribution in [0.3, 0.4) is 0 Å². The van der Waals surface area contributed by atoms with Crippen LogP contribution < -0.4 is 5.73 Å². The number of carbonyl (C=O) groups excluding carboxylic acids is 5. The molecule has 0 bridgehead atoms. The summed E-state index contributed by atoms with van der Waals surface area (Å²) in [4.78, 5) is 67.0. The van der Waals surface area contributed by atoms with E-state index >= 15 is 0 Å². The molecule has 3 aliphatic rings. The second-order valence-corrected chi connectivity index (χ2v) is 9.99. The van der Waals surface area contributed by atoms with Crippen LogP contribution in [-0.4, -0.2) is 69.9 Å². The number of phenols is 1. The number of carbonyl (C=O) groups is 5. The number of nitrogens with zero attached hydrogens (tertiary/aromatic N) is 1. The summed E-state index contributed by atoms with van der Waals surface area (Å²) in [5, 5.41) is 22.0. The maximum absolute atomic E-state index is 13.7. The lowest BCUT2D eigenvalue weighted by molar-refractivity contribution is -0.181. The van der Waals surface area contributed by atoms with Crippen LogP contribution in [0.2, 0.25) is 0 Å². The molecule has 182 valence electrons. The third-order valence-corrected chi connectivity index (χ3v) is 7.84. The number of likely N-dealkylation sites (N-methyl/N-ethyl adjacent to an activating group) is 1. The van der Waals surface area contributed by atoms with Crippen LogP contribution in [0.4, 0.5) is 0 Å². The Morgan fingerprint density at radius 1 is 1.18 bits per heavy atom. The summed E-state index contributed by atoms with van der Waals surface area (Å²) in [6.07, 6.45) is 2.91. The summed E-state index contributed by atoms with van der Waals surface area (Å²) in [6.45, 7) is 2.05. The van der Waals surface area contributed by atoms with E-state index in [-0.39, 0.29) is 17.7 Å². The first-order valence-electron chi connectivity index (χ1n) is 11.6. The molecule has 0 aromatic heterocycles. The predicted octanol–water partition coefficient (Wildman–Crippen LogP) is 0.210. The molecule has 0 aliphatic heterocycles. The molecule has 4 rings (SSSR count). The molecule has 9 heteroatoms. The smallest absolute Gasteiger partial charge is 0.235 e. The van der Waals surface area contributed by atoms with Gasteiger partial charge < -0.3 is 15.9 Å². The minimum atomic E-state index is -2.69. The number of aryl methyl sites for hydroxylation is 1. The summed E-state index contributed by atoms with van der Waals surface area (Å²) >= 11 is 0. The standard InChI is InChI=1S/C25H30N2O7/c1-4-5-6-11-7-8-15(28)17-13(11)9-12-10-14-19(27(2)3)21(30)18(24(26)33)23(32)25(14,34)22(31)16(12)20(17)29/h7-8,12,14,16,18-19,28,34H,4-6,9-10H2,1-3H3,(H2,26,33)/t12-,14-,16?,18?,19-,25-/m0/s1. The van der Waals surface area contributed by atoms with Gasteiger partial charge in [-0.3, -0.25) is 28.9 Å². The van der Waals surface area contributed by atoms with E-state index < -0.39 is 64.4 Å². The highest BCUT2D eigenvalue weighted by Crippen LogP contribution is 2.51. The van der Waals surface area contributed by atoms with Crippen molar-refractivity contribution in [2.75, 3.05) is 14.1 Å². The Morgan fingerprint density at radius 3 is 2.44 bits per heavy atom. The fourth-order valence-electron chi connectivity index (χ4n) is 6.27. The highest BCUT2D eigenvalue weighted by Gasteiger charge is 2.69. The molecule has 34 heavy (non-hydrogen) atoms. The molecule has 0 spiro atoms. The number of benzene rings is 1. The van der Waals surface area contributed by atoms with Gasteiger partial charge in [-0.15, -0.1) is 0 Å². The van der Waals surface area contributed by atoms with E-state index in [9.17, 15) is 34.2 Å². The molecule has 0 saturated heterocycles. The van der Waals surface area contributed by atoms with Crippen molar-refractivity contribution in [2.24, 2.45) is 29.4 Å². The fraction of sp³-hybridized carbons (Fsp3) is 0.560. The van der Waals surface area contributed by atoms with Crippen molar-refractivity contribution in [2.45, 2.75) is 50.7 Å². The number of hydrogen-bond acceptors (Lipinski definition) is 8. The predicted molar refractivity (Wildman–Crippen MR) is 120 cm³/mol. The lowest BCUT2D eigenvalue weighted by Crippen LogP contribution is -2.74. The number of primary amides is 1. The number of nitrogens with two attached hydrogens (primary N) is 1. The van der Waals surface area contributed by atoms with Gasteiger partial charge in [-0.25, -0.2) is 0 Å². The minimum absolute atomic E-state index is 0.0557.